The summed E-state index contributed by atoms with van der Waals surface area (Å²) in [4.78, 5) is 16.5. The van der Waals surface area contributed by atoms with Gasteiger partial charge in [-0.3, -0.25) is 4.79 Å². The molecule has 1 atom stereocenters. The van der Waals surface area contributed by atoms with Gasteiger partial charge in [0.15, 0.2) is 0 Å². The van der Waals surface area contributed by atoms with Crippen LogP contribution in [0.4, 0.5) is 5.82 Å². The van der Waals surface area contributed by atoms with Crippen molar-refractivity contribution in [2.75, 3.05) is 5.32 Å². The molecule has 1 heterocycles. The van der Waals surface area contributed by atoms with Crippen LogP contribution in [-0.2, 0) is 10.0 Å². The minimum Gasteiger partial charge on any atom is -0.306 e. The first-order chi connectivity index (χ1) is 11.3. The van der Waals surface area contributed by atoms with Gasteiger partial charge in [0.25, 0.3) is 5.91 Å². The molecular formula is C17H21N3O3S. The van der Waals surface area contributed by atoms with E-state index in [0.29, 0.717) is 17.8 Å². The highest BCUT2D eigenvalue weighted by Crippen LogP contribution is 2.14. The van der Waals surface area contributed by atoms with E-state index in [1.807, 2.05) is 19.9 Å². The minimum absolute atomic E-state index is 0.133. The van der Waals surface area contributed by atoms with Gasteiger partial charge in [-0.1, -0.05) is 13.0 Å². The highest BCUT2D eigenvalue weighted by Gasteiger charge is 2.17. The number of aromatic nitrogens is 1. The molecule has 0 aliphatic carbocycles. The van der Waals surface area contributed by atoms with E-state index in [1.165, 1.54) is 24.3 Å². The molecule has 2 rings (SSSR count). The van der Waals surface area contributed by atoms with Crippen LogP contribution in [0.3, 0.4) is 0 Å². The number of benzene rings is 1. The number of anilines is 1. The fourth-order valence-electron chi connectivity index (χ4n) is 2.00. The van der Waals surface area contributed by atoms with E-state index in [1.54, 1.807) is 19.2 Å². The van der Waals surface area contributed by atoms with Crippen LogP contribution in [0.2, 0.25) is 0 Å². The molecule has 0 aliphatic rings. The number of nitrogens with one attached hydrogen (secondary N) is 2. The second kappa shape index (κ2) is 7.55. The third-order valence-corrected chi connectivity index (χ3v) is 5.24. The normalized spacial score (nSPS) is 12.6. The van der Waals surface area contributed by atoms with Crippen LogP contribution in [-0.4, -0.2) is 25.4 Å². The number of hydrogen-bond donors (Lipinski definition) is 2. The maximum atomic E-state index is 12.2. The minimum atomic E-state index is -3.57. The van der Waals surface area contributed by atoms with Gasteiger partial charge in [0.2, 0.25) is 10.0 Å². The molecule has 2 N–H and O–H groups in total. The van der Waals surface area contributed by atoms with Gasteiger partial charge in [-0.2, -0.15) is 0 Å². The van der Waals surface area contributed by atoms with Crippen molar-refractivity contribution in [2.24, 2.45) is 0 Å². The fourth-order valence-corrected chi connectivity index (χ4v) is 3.32. The van der Waals surface area contributed by atoms with Crippen LogP contribution in [0.25, 0.3) is 0 Å². The molecule has 0 bridgehead atoms. The van der Waals surface area contributed by atoms with Crippen molar-refractivity contribution < 1.29 is 13.2 Å². The monoisotopic (exact) mass is 347 g/mol. The molecule has 0 fully saturated rings. The molecule has 0 unspecified atom stereocenters. The Labute approximate surface area is 142 Å². The summed E-state index contributed by atoms with van der Waals surface area (Å²) in [6.45, 7) is 5.55. The second-order valence-corrected chi connectivity index (χ2v) is 7.29. The fraction of sp³-hybridized carbons (Fsp3) is 0.294. The Morgan fingerprint density at radius 1 is 1.21 bits per heavy atom. The molecular weight excluding hydrogens is 326 g/mol. The molecule has 7 heteroatoms. The molecule has 1 aromatic carbocycles. The number of rotatable bonds is 6. The van der Waals surface area contributed by atoms with Crippen molar-refractivity contribution in [1.29, 1.82) is 0 Å². The van der Waals surface area contributed by atoms with Gasteiger partial charge in [-0.15, -0.1) is 0 Å². The average Bonchev–Trinajstić information content (AvgIpc) is 2.56. The third-order valence-electron chi connectivity index (χ3n) is 3.64. The molecule has 1 amide bonds. The summed E-state index contributed by atoms with van der Waals surface area (Å²) in [5.74, 6) is 0.147. The first-order valence-electron chi connectivity index (χ1n) is 7.69. The number of nitrogens with zero attached hydrogens (tertiary/aromatic N) is 1. The summed E-state index contributed by atoms with van der Waals surface area (Å²) in [7, 11) is -3.57. The summed E-state index contributed by atoms with van der Waals surface area (Å²) in [6, 6.07) is 9.30. The zero-order valence-corrected chi connectivity index (χ0v) is 14.7. The Morgan fingerprint density at radius 2 is 1.88 bits per heavy atom. The molecule has 24 heavy (non-hydrogen) atoms. The van der Waals surface area contributed by atoms with Crippen molar-refractivity contribution in [2.45, 2.75) is 38.1 Å². The summed E-state index contributed by atoms with van der Waals surface area (Å²) < 4.78 is 27.0. The van der Waals surface area contributed by atoms with E-state index in [4.69, 9.17) is 0 Å². The van der Waals surface area contributed by atoms with E-state index in [9.17, 15) is 13.2 Å². The Kier molecular flexibility index (Phi) is 5.69. The maximum Gasteiger partial charge on any atom is 0.256 e. The van der Waals surface area contributed by atoms with E-state index in [0.717, 1.165) is 5.56 Å². The van der Waals surface area contributed by atoms with E-state index in [2.05, 4.69) is 15.0 Å². The number of carbonyl (C=O) groups is 1. The van der Waals surface area contributed by atoms with Crippen LogP contribution in [0.15, 0.2) is 47.5 Å². The van der Waals surface area contributed by atoms with Gasteiger partial charge >= 0.3 is 0 Å². The molecule has 128 valence electrons. The van der Waals surface area contributed by atoms with E-state index < -0.39 is 10.0 Å². The standard InChI is InChI=1S/C17H21N3O3S/c1-4-13(3)20-24(22,23)15-9-7-14(8-10-15)17(21)19-16-12(2)6-5-11-18-16/h5-11,13,20H,4H2,1-3H3,(H,18,19,21)/t13-/m0/s1. The van der Waals surface area contributed by atoms with Crippen LogP contribution < -0.4 is 10.0 Å². The molecule has 0 saturated heterocycles. The highest BCUT2D eigenvalue weighted by molar-refractivity contribution is 7.89. The Morgan fingerprint density at radius 3 is 2.46 bits per heavy atom. The number of pyridine rings is 1. The maximum absolute atomic E-state index is 12.2. The molecule has 0 radical (unpaired) electrons. The first-order valence-corrected chi connectivity index (χ1v) is 9.17. The average molecular weight is 347 g/mol. The lowest BCUT2D eigenvalue weighted by atomic mass is 10.2. The predicted octanol–water partition coefficient (Wildman–Crippen LogP) is 2.72. The zero-order chi connectivity index (χ0) is 17.7. The Balaban J connectivity index is 2.14. The molecule has 1 aromatic heterocycles. The topological polar surface area (TPSA) is 88.2 Å². The summed E-state index contributed by atoms with van der Waals surface area (Å²) in [6.07, 6.45) is 2.29. The number of amides is 1. The van der Waals surface area contributed by atoms with Gasteiger partial charge in [0.1, 0.15) is 5.82 Å². The first kappa shape index (κ1) is 18.1. The van der Waals surface area contributed by atoms with Crippen molar-refractivity contribution in [3.05, 3.63) is 53.7 Å². The van der Waals surface area contributed by atoms with Crippen LogP contribution in [0, 0.1) is 6.92 Å². The number of aryl methyl sites for hydroxylation is 1. The third kappa shape index (κ3) is 4.39. The second-order valence-electron chi connectivity index (χ2n) is 5.58. The van der Waals surface area contributed by atoms with Gasteiger partial charge in [-0.25, -0.2) is 18.1 Å². The summed E-state index contributed by atoms with van der Waals surface area (Å²) >= 11 is 0. The Bertz CT molecular complexity index is 817. The van der Waals surface area contributed by atoms with E-state index >= 15 is 0 Å². The van der Waals surface area contributed by atoms with Crippen molar-refractivity contribution >= 4 is 21.7 Å². The SMILES string of the molecule is CC[C@H](C)NS(=O)(=O)c1ccc(C(=O)Nc2ncccc2C)cc1. The quantitative estimate of drug-likeness (QED) is 0.841. The highest BCUT2D eigenvalue weighted by atomic mass is 32.2. The summed E-state index contributed by atoms with van der Waals surface area (Å²) in [5, 5.41) is 2.71. The predicted molar refractivity (Wildman–Crippen MR) is 93.4 cm³/mol. The van der Waals surface area contributed by atoms with Gasteiger partial charge in [0, 0.05) is 17.8 Å². The molecule has 2 aromatic rings. The van der Waals surface area contributed by atoms with Crippen LogP contribution >= 0.6 is 0 Å². The lowest BCUT2D eigenvalue weighted by Gasteiger charge is -2.12. The van der Waals surface area contributed by atoms with Gasteiger partial charge in [-0.05, 0) is 56.2 Å². The van der Waals surface area contributed by atoms with E-state index in [-0.39, 0.29) is 16.8 Å². The van der Waals surface area contributed by atoms with Crippen molar-refractivity contribution in [3.8, 4) is 0 Å². The molecule has 0 spiro atoms. The zero-order valence-electron chi connectivity index (χ0n) is 13.9. The smallest absolute Gasteiger partial charge is 0.256 e. The largest absolute Gasteiger partial charge is 0.306 e. The lowest BCUT2D eigenvalue weighted by Crippen LogP contribution is -2.32. The lowest BCUT2D eigenvalue weighted by molar-refractivity contribution is 0.102. The molecule has 0 aliphatic heterocycles. The van der Waals surface area contributed by atoms with Gasteiger partial charge in [0.05, 0.1) is 4.90 Å². The number of hydrogen-bond acceptors (Lipinski definition) is 4. The molecule has 6 nitrogen and oxygen atoms in total. The summed E-state index contributed by atoms with van der Waals surface area (Å²) in [5.41, 5.74) is 1.21. The van der Waals surface area contributed by atoms with Crippen LogP contribution in [0.5, 0.6) is 0 Å². The number of sulfonamides is 1. The van der Waals surface area contributed by atoms with Crippen molar-refractivity contribution in [3.63, 3.8) is 0 Å². The van der Waals surface area contributed by atoms with Crippen molar-refractivity contribution in [1.82, 2.24) is 9.71 Å². The Hall–Kier alpha value is -2.25. The van der Waals surface area contributed by atoms with Crippen LogP contribution in [0.1, 0.15) is 36.2 Å². The number of carbonyl (C=O) groups excluding carboxylic acids is 1. The van der Waals surface area contributed by atoms with Gasteiger partial charge < -0.3 is 5.32 Å². The molecule has 0 saturated carbocycles.